The van der Waals surface area contributed by atoms with E-state index in [0.29, 0.717) is 17.9 Å². The zero-order chi connectivity index (χ0) is 12.5. The molecule has 1 atom stereocenters. The molecule has 0 spiro atoms. The third kappa shape index (κ3) is 1.93. The normalized spacial score (nSPS) is 14.6. The summed E-state index contributed by atoms with van der Waals surface area (Å²) in [5.74, 6) is 0.0751. The minimum absolute atomic E-state index is 0.399. The van der Waals surface area contributed by atoms with Crippen molar-refractivity contribution in [2.24, 2.45) is 7.05 Å². The number of hydrogen-bond donors (Lipinski definition) is 1. The number of aryl methyl sites for hydroxylation is 1. The summed E-state index contributed by atoms with van der Waals surface area (Å²) < 4.78 is 14.6. The molecule has 2 rings (SSSR count). The fourth-order valence-electron chi connectivity index (χ4n) is 1.84. The van der Waals surface area contributed by atoms with Crippen molar-refractivity contribution in [2.45, 2.75) is 18.9 Å². The van der Waals surface area contributed by atoms with E-state index in [0.717, 1.165) is 6.20 Å². The zero-order valence-corrected chi connectivity index (χ0v) is 9.76. The van der Waals surface area contributed by atoms with E-state index in [-0.39, 0.29) is 0 Å². The highest BCUT2D eigenvalue weighted by molar-refractivity contribution is 5.23. The van der Waals surface area contributed by atoms with Crippen molar-refractivity contribution in [3.8, 4) is 0 Å². The first-order valence-corrected chi connectivity index (χ1v) is 5.40. The maximum absolute atomic E-state index is 12.8. The number of rotatable bonds is 3. The van der Waals surface area contributed by atoms with Crippen molar-refractivity contribution in [1.29, 1.82) is 0 Å². The highest BCUT2D eigenvalue weighted by atomic mass is 19.1. The van der Waals surface area contributed by atoms with Crippen LogP contribution in [0.4, 0.5) is 4.39 Å². The molecular weight excluding hydrogens is 221 g/mol. The molecule has 90 valence electrons. The second kappa shape index (κ2) is 4.25. The summed E-state index contributed by atoms with van der Waals surface area (Å²) in [6.45, 7) is 1.83. The van der Waals surface area contributed by atoms with Gasteiger partial charge in [-0.05, 0) is 18.6 Å². The SMILES string of the molecule is CCC(O)(c1ccc(F)cn1)c1nccn1C. The van der Waals surface area contributed by atoms with Crippen LogP contribution in [-0.4, -0.2) is 19.6 Å². The van der Waals surface area contributed by atoms with Crippen LogP contribution in [0.25, 0.3) is 0 Å². The summed E-state index contributed by atoms with van der Waals surface area (Å²) >= 11 is 0. The van der Waals surface area contributed by atoms with E-state index in [1.54, 1.807) is 24.0 Å². The van der Waals surface area contributed by atoms with Gasteiger partial charge in [0.15, 0.2) is 5.60 Å². The molecular formula is C12H14FN3O. The smallest absolute Gasteiger partial charge is 0.163 e. The predicted octanol–water partition coefficient (Wildman–Crippen LogP) is 1.60. The van der Waals surface area contributed by atoms with Crippen LogP contribution in [0.15, 0.2) is 30.7 Å². The fourth-order valence-corrected chi connectivity index (χ4v) is 1.84. The Balaban J connectivity index is 2.51. The van der Waals surface area contributed by atoms with E-state index in [9.17, 15) is 9.50 Å². The molecule has 1 unspecified atom stereocenters. The van der Waals surface area contributed by atoms with Crippen LogP contribution in [0.2, 0.25) is 0 Å². The third-order valence-corrected chi connectivity index (χ3v) is 2.85. The molecule has 2 aromatic heterocycles. The van der Waals surface area contributed by atoms with E-state index in [1.807, 2.05) is 6.92 Å². The summed E-state index contributed by atoms with van der Waals surface area (Å²) in [4.78, 5) is 8.08. The first-order chi connectivity index (χ1) is 8.08. The molecule has 17 heavy (non-hydrogen) atoms. The maximum Gasteiger partial charge on any atom is 0.163 e. The number of aliphatic hydroxyl groups is 1. The molecule has 0 aliphatic heterocycles. The van der Waals surface area contributed by atoms with Crippen molar-refractivity contribution in [3.63, 3.8) is 0 Å². The highest BCUT2D eigenvalue weighted by Crippen LogP contribution is 2.29. The Morgan fingerprint density at radius 2 is 2.18 bits per heavy atom. The van der Waals surface area contributed by atoms with Gasteiger partial charge in [0.1, 0.15) is 11.6 Å². The molecule has 0 saturated heterocycles. The maximum atomic E-state index is 12.8. The van der Waals surface area contributed by atoms with E-state index < -0.39 is 11.4 Å². The molecule has 2 heterocycles. The molecule has 0 amide bonds. The molecule has 2 aromatic rings. The van der Waals surface area contributed by atoms with Gasteiger partial charge in [0.05, 0.1) is 11.9 Å². The molecule has 0 aliphatic carbocycles. The molecule has 0 saturated carbocycles. The Morgan fingerprint density at radius 1 is 1.41 bits per heavy atom. The molecule has 0 aliphatic rings. The monoisotopic (exact) mass is 235 g/mol. The Labute approximate surface area is 98.8 Å². The summed E-state index contributed by atoms with van der Waals surface area (Å²) in [6, 6.07) is 2.76. The predicted molar refractivity (Wildman–Crippen MR) is 60.7 cm³/mol. The van der Waals surface area contributed by atoms with Gasteiger partial charge in [-0.1, -0.05) is 6.92 Å². The number of pyridine rings is 1. The summed E-state index contributed by atoms with van der Waals surface area (Å²) in [7, 11) is 1.80. The lowest BCUT2D eigenvalue weighted by molar-refractivity contribution is 0.0595. The van der Waals surface area contributed by atoms with Gasteiger partial charge in [0.25, 0.3) is 0 Å². The average molecular weight is 235 g/mol. The van der Waals surface area contributed by atoms with Crippen molar-refractivity contribution in [2.75, 3.05) is 0 Å². The van der Waals surface area contributed by atoms with E-state index >= 15 is 0 Å². The van der Waals surface area contributed by atoms with E-state index in [1.165, 1.54) is 12.1 Å². The van der Waals surface area contributed by atoms with E-state index in [2.05, 4.69) is 9.97 Å². The number of imidazole rings is 1. The average Bonchev–Trinajstić information content (AvgIpc) is 2.76. The van der Waals surface area contributed by atoms with Crippen LogP contribution in [-0.2, 0) is 12.6 Å². The molecule has 0 fully saturated rings. The Bertz CT molecular complexity index is 509. The number of aromatic nitrogens is 3. The zero-order valence-electron chi connectivity index (χ0n) is 9.76. The van der Waals surface area contributed by atoms with E-state index in [4.69, 9.17) is 0 Å². The molecule has 0 bridgehead atoms. The lowest BCUT2D eigenvalue weighted by atomic mass is 9.94. The standard InChI is InChI=1S/C12H14FN3O/c1-3-12(17,11-14-6-7-16(11)2)10-5-4-9(13)8-15-10/h4-8,17H,3H2,1-2H3. The molecule has 4 nitrogen and oxygen atoms in total. The number of halogens is 1. The molecule has 5 heteroatoms. The van der Waals surface area contributed by atoms with Crippen LogP contribution >= 0.6 is 0 Å². The van der Waals surface area contributed by atoms with Crippen molar-refractivity contribution < 1.29 is 9.50 Å². The van der Waals surface area contributed by atoms with Gasteiger partial charge in [0, 0.05) is 19.4 Å². The van der Waals surface area contributed by atoms with Gasteiger partial charge in [-0.15, -0.1) is 0 Å². The summed E-state index contributed by atoms with van der Waals surface area (Å²) in [5, 5.41) is 10.7. The second-order valence-corrected chi connectivity index (χ2v) is 3.94. The van der Waals surface area contributed by atoms with Gasteiger partial charge < -0.3 is 9.67 Å². The summed E-state index contributed by atoms with van der Waals surface area (Å²) in [6.07, 6.45) is 4.87. The van der Waals surface area contributed by atoms with Crippen LogP contribution < -0.4 is 0 Å². The van der Waals surface area contributed by atoms with Gasteiger partial charge in [-0.2, -0.15) is 0 Å². The van der Waals surface area contributed by atoms with Crippen molar-refractivity contribution in [3.05, 3.63) is 48.1 Å². The van der Waals surface area contributed by atoms with Gasteiger partial charge >= 0.3 is 0 Å². The molecule has 0 radical (unpaired) electrons. The van der Waals surface area contributed by atoms with Gasteiger partial charge in [0.2, 0.25) is 0 Å². The minimum atomic E-state index is -1.29. The fraction of sp³-hybridized carbons (Fsp3) is 0.333. The topological polar surface area (TPSA) is 50.9 Å². The largest absolute Gasteiger partial charge is 0.376 e. The molecule has 1 N–H and O–H groups in total. The summed E-state index contributed by atoms with van der Waals surface area (Å²) in [5.41, 5.74) is -0.887. The Morgan fingerprint density at radius 3 is 2.65 bits per heavy atom. The minimum Gasteiger partial charge on any atom is -0.376 e. The first kappa shape index (κ1) is 11.7. The number of nitrogens with zero attached hydrogens (tertiary/aromatic N) is 3. The van der Waals surface area contributed by atoms with Crippen LogP contribution in [0.5, 0.6) is 0 Å². The third-order valence-electron chi connectivity index (χ3n) is 2.85. The van der Waals surface area contributed by atoms with Crippen LogP contribution in [0.1, 0.15) is 24.9 Å². The lowest BCUT2D eigenvalue weighted by Gasteiger charge is -2.25. The Kier molecular flexibility index (Phi) is 2.93. The molecule has 0 aromatic carbocycles. The van der Waals surface area contributed by atoms with Crippen molar-refractivity contribution in [1.82, 2.24) is 14.5 Å². The van der Waals surface area contributed by atoms with Crippen molar-refractivity contribution >= 4 is 0 Å². The quantitative estimate of drug-likeness (QED) is 0.879. The highest BCUT2D eigenvalue weighted by Gasteiger charge is 2.34. The lowest BCUT2D eigenvalue weighted by Crippen LogP contribution is -2.31. The second-order valence-electron chi connectivity index (χ2n) is 3.94. The van der Waals surface area contributed by atoms with Crippen LogP contribution in [0, 0.1) is 5.82 Å². The van der Waals surface area contributed by atoms with Crippen LogP contribution in [0.3, 0.4) is 0 Å². The number of hydrogen-bond acceptors (Lipinski definition) is 3. The van der Waals surface area contributed by atoms with Gasteiger partial charge in [-0.3, -0.25) is 4.98 Å². The Hall–Kier alpha value is -1.75. The first-order valence-electron chi connectivity index (χ1n) is 5.40. The van der Waals surface area contributed by atoms with Gasteiger partial charge in [-0.25, -0.2) is 9.37 Å².